The lowest BCUT2D eigenvalue weighted by molar-refractivity contribution is 0.651. The van der Waals surface area contributed by atoms with E-state index in [-0.39, 0.29) is 12.1 Å². The van der Waals surface area contributed by atoms with Gasteiger partial charge in [-0.2, -0.15) is 10.4 Å². The van der Waals surface area contributed by atoms with E-state index in [1.54, 1.807) is 4.68 Å². The number of rotatable bonds is 4. The van der Waals surface area contributed by atoms with Gasteiger partial charge in [0.2, 0.25) is 0 Å². The molecular weight excluding hydrogens is 384 g/mol. The Morgan fingerprint density at radius 1 is 0.871 bits per heavy atom. The normalized spacial score (nSPS) is 11.1. The van der Waals surface area contributed by atoms with Gasteiger partial charge in [-0.25, -0.2) is 4.68 Å². The largest absolute Gasteiger partial charge is 0.330 e. The average Bonchev–Trinajstić information content (AvgIpc) is 3.08. The smallest absolute Gasteiger partial charge is 0.274 e. The number of hydrogen-bond donors (Lipinski definition) is 0. The molecule has 5 nitrogen and oxygen atoms in total. The molecule has 31 heavy (non-hydrogen) atoms. The Morgan fingerprint density at radius 2 is 1.52 bits per heavy atom. The van der Waals surface area contributed by atoms with E-state index in [9.17, 15) is 10.1 Å². The van der Waals surface area contributed by atoms with Crippen LogP contribution in [0, 0.1) is 18.3 Å². The van der Waals surface area contributed by atoms with Gasteiger partial charge in [-0.1, -0.05) is 66.7 Å². The highest BCUT2D eigenvalue weighted by Crippen LogP contribution is 2.36. The van der Waals surface area contributed by atoms with Gasteiger partial charge in [0.25, 0.3) is 5.56 Å². The van der Waals surface area contributed by atoms with Crippen molar-refractivity contribution in [3.63, 3.8) is 0 Å². The van der Waals surface area contributed by atoms with Crippen molar-refractivity contribution in [3.8, 4) is 17.3 Å². The van der Waals surface area contributed by atoms with E-state index in [4.69, 9.17) is 5.10 Å². The second-order valence-electron chi connectivity index (χ2n) is 7.56. The number of nitrogens with zero attached hydrogens (tertiary/aromatic N) is 4. The van der Waals surface area contributed by atoms with E-state index in [0.29, 0.717) is 11.9 Å². The van der Waals surface area contributed by atoms with Crippen molar-refractivity contribution in [2.45, 2.75) is 20.0 Å². The summed E-state index contributed by atoms with van der Waals surface area (Å²) in [6.07, 6.45) is 0. The Morgan fingerprint density at radius 3 is 2.26 bits per heavy atom. The van der Waals surface area contributed by atoms with Crippen LogP contribution in [0.1, 0.15) is 11.3 Å². The van der Waals surface area contributed by atoms with E-state index in [1.807, 2.05) is 84.3 Å². The predicted octanol–water partition coefficient (Wildman–Crippen LogP) is 4.90. The third kappa shape index (κ3) is 3.10. The van der Waals surface area contributed by atoms with Gasteiger partial charge in [-0.05, 0) is 24.6 Å². The zero-order chi connectivity index (χ0) is 21.4. The molecular formula is C26H20N4O. The highest BCUT2D eigenvalue weighted by atomic mass is 16.1. The summed E-state index contributed by atoms with van der Waals surface area (Å²) < 4.78 is 3.55. The second kappa shape index (κ2) is 7.58. The highest BCUT2D eigenvalue weighted by Gasteiger charge is 2.20. The van der Waals surface area contributed by atoms with E-state index >= 15 is 0 Å². The fourth-order valence-electron chi connectivity index (χ4n) is 4.29. The lowest BCUT2D eigenvalue weighted by Gasteiger charge is -2.12. The van der Waals surface area contributed by atoms with Crippen molar-refractivity contribution >= 4 is 21.7 Å². The molecule has 0 fully saturated rings. The molecule has 0 aliphatic heterocycles. The lowest BCUT2D eigenvalue weighted by atomic mass is 10.0. The standard InChI is InChI=1S/C26H20N4O/c1-18-24(22-13-7-8-14-23(22)29(18)16-15-27)25-20-11-5-6-12-21(20)26(31)30(28-25)17-19-9-3-2-4-10-19/h2-14H,16-17H2,1H3. The van der Waals surface area contributed by atoms with E-state index in [2.05, 4.69) is 12.1 Å². The van der Waals surface area contributed by atoms with Gasteiger partial charge in [0.15, 0.2) is 0 Å². The minimum Gasteiger partial charge on any atom is -0.330 e. The van der Waals surface area contributed by atoms with Gasteiger partial charge in [0, 0.05) is 27.5 Å². The number of para-hydroxylation sites is 1. The van der Waals surface area contributed by atoms with E-state index in [0.717, 1.165) is 38.8 Å². The quantitative estimate of drug-likeness (QED) is 0.428. The maximum Gasteiger partial charge on any atom is 0.274 e. The molecule has 2 heterocycles. The molecule has 0 bridgehead atoms. The number of hydrogen-bond acceptors (Lipinski definition) is 3. The second-order valence-corrected chi connectivity index (χ2v) is 7.56. The monoisotopic (exact) mass is 404 g/mol. The van der Waals surface area contributed by atoms with Crippen LogP contribution in [-0.4, -0.2) is 14.3 Å². The van der Waals surface area contributed by atoms with Crippen LogP contribution < -0.4 is 5.56 Å². The molecule has 0 spiro atoms. The third-order valence-corrected chi connectivity index (χ3v) is 5.74. The number of aromatic nitrogens is 3. The van der Waals surface area contributed by atoms with Crippen molar-refractivity contribution in [1.82, 2.24) is 14.3 Å². The first-order valence-corrected chi connectivity index (χ1v) is 10.2. The third-order valence-electron chi connectivity index (χ3n) is 5.74. The van der Waals surface area contributed by atoms with Crippen molar-refractivity contribution in [2.24, 2.45) is 0 Å². The molecule has 0 aliphatic rings. The summed E-state index contributed by atoms with van der Waals surface area (Å²) in [4.78, 5) is 13.2. The maximum absolute atomic E-state index is 13.2. The summed E-state index contributed by atoms with van der Waals surface area (Å²) in [5.74, 6) is 0. The van der Waals surface area contributed by atoms with Crippen LogP contribution in [0.15, 0.2) is 83.7 Å². The topological polar surface area (TPSA) is 63.6 Å². The van der Waals surface area contributed by atoms with Crippen molar-refractivity contribution in [2.75, 3.05) is 0 Å². The summed E-state index contributed by atoms with van der Waals surface area (Å²) in [6, 6.07) is 27.8. The van der Waals surface area contributed by atoms with Crippen LogP contribution in [0.3, 0.4) is 0 Å². The first-order chi connectivity index (χ1) is 15.2. The highest BCUT2D eigenvalue weighted by molar-refractivity contribution is 6.04. The summed E-state index contributed by atoms with van der Waals surface area (Å²) in [7, 11) is 0. The summed E-state index contributed by atoms with van der Waals surface area (Å²) in [5, 5.41) is 16.7. The lowest BCUT2D eigenvalue weighted by Crippen LogP contribution is -2.24. The fraction of sp³-hybridized carbons (Fsp3) is 0.115. The maximum atomic E-state index is 13.2. The molecule has 0 atom stereocenters. The first-order valence-electron chi connectivity index (χ1n) is 10.2. The van der Waals surface area contributed by atoms with Crippen molar-refractivity contribution in [3.05, 3.63) is 100 Å². The van der Waals surface area contributed by atoms with Gasteiger partial charge >= 0.3 is 0 Å². The molecule has 0 aliphatic carbocycles. The van der Waals surface area contributed by atoms with Gasteiger partial charge in [-0.15, -0.1) is 0 Å². The van der Waals surface area contributed by atoms with Crippen LogP contribution in [0.25, 0.3) is 32.9 Å². The molecule has 5 heteroatoms. The van der Waals surface area contributed by atoms with Gasteiger partial charge < -0.3 is 4.57 Å². The van der Waals surface area contributed by atoms with Crippen molar-refractivity contribution in [1.29, 1.82) is 5.26 Å². The number of benzene rings is 3. The molecule has 0 unspecified atom stereocenters. The molecule has 150 valence electrons. The van der Waals surface area contributed by atoms with Gasteiger partial charge in [0.1, 0.15) is 12.2 Å². The Bertz CT molecular complexity index is 1520. The van der Waals surface area contributed by atoms with Gasteiger partial charge in [-0.3, -0.25) is 4.79 Å². The Labute approximate surface area is 179 Å². The summed E-state index contributed by atoms with van der Waals surface area (Å²) >= 11 is 0. The zero-order valence-electron chi connectivity index (χ0n) is 17.1. The molecule has 0 radical (unpaired) electrons. The number of fused-ring (bicyclic) bond motifs is 2. The molecule has 2 aromatic heterocycles. The SMILES string of the molecule is Cc1c(-c2nn(Cc3ccccc3)c(=O)c3ccccc23)c2ccccc2n1CC#N. The Hall–Kier alpha value is -4.17. The fourth-order valence-corrected chi connectivity index (χ4v) is 4.29. The van der Waals surface area contributed by atoms with E-state index < -0.39 is 0 Å². The van der Waals surface area contributed by atoms with Crippen LogP contribution in [-0.2, 0) is 13.1 Å². The minimum atomic E-state index is -0.110. The molecule has 0 saturated heterocycles. The molecule has 5 aromatic rings. The average molecular weight is 404 g/mol. The van der Waals surface area contributed by atoms with Crippen LogP contribution >= 0.6 is 0 Å². The number of nitriles is 1. The molecule has 0 saturated carbocycles. The minimum absolute atomic E-state index is 0.110. The molecule has 3 aromatic carbocycles. The van der Waals surface area contributed by atoms with Crippen LogP contribution in [0.5, 0.6) is 0 Å². The summed E-state index contributed by atoms with van der Waals surface area (Å²) in [5.41, 5.74) is 4.58. The zero-order valence-corrected chi connectivity index (χ0v) is 17.1. The van der Waals surface area contributed by atoms with Crippen LogP contribution in [0.4, 0.5) is 0 Å². The van der Waals surface area contributed by atoms with E-state index in [1.165, 1.54) is 0 Å². The van der Waals surface area contributed by atoms with Gasteiger partial charge in [0.05, 0.1) is 18.0 Å². The van der Waals surface area contributed by atoms with Crippen molar-refractivity contribution < 1.29 is 0 Å². The Balaban J connectivity index is 1.84. The molecule has 5 rings (SSSR count). The Kier molecular flexibility index (Phi) is 4.61. The molecule has 0 amide bonds. The van der Waals surface area contributed by atoms with Crippen LogP contribution in [0.2, 0.25) is 0 Å². The predicted molar refractivity (Wildman–Crippen MR) is 123 cm³/mol. The first kappa shape index (κ1) is 18.8. The molecule has 0 N–H and O–H groups in total. The summed E-state index contributed by atoms with van der Waals surface area (Å²) in [6.45, 7) is 2.66.